The minimum Gasteiger partial charge on any atom is -0.444 e. The molecule has 0 unspecified atom stereocenters. The van der Waals surface area contributed by atoms with E-state index in [1.165, 1.54) is 13.0 Å². The number of rotatable bonds is 6. The number of hydrogen-bond donors (Lipinski definition) is 3. The summed E-state index contributed by atoms with van der Waals surface area (Å²) >= 11 is 0. The zero-order valence-corrected chi connectivity index (χ0v) is 17.8. The fourth-order valence-electron chi connectivity index (χ4n) is 2.42. The number of anilines is 2. The molecule has 0 aliphatic heterocycles. The van der Waals surface area contributed by atoms with E-state index in [2.05, 4.69) is 16.0 Å². The third-order valence-corrected chi connectivity index (χ3v) is 3.60. The molecular formula is C22H25N3O6. The van der Waals surface area contributed by atoms with Crippen LogP contribution in [0.1, 0.15) is 38.1 Å². The van der Waals surface area contributed by atoms with Gasteiger partial charge < -0.3 is 25.4 Å². The molecule has 0 bridgehead atoms. The Morgan fingerprint density at radius 1 is 0.903 bits per heavy atom. The fraction of sp³-hybridized carbons (Fsp3) is 0.273. The van der Waals surface area contributed by atoms with Crippen molar-refractivity contribution in [2.24, 2.45) is 0 Å². The molecule has 164 valence electrons. The lowest BCUT2D eigenvalue weighted by Gasteiger charge is -2.19. The maximum Gasteiger partial charge on any atom is 0.408 e. The van der Waals surface area contributed by atoms with Gasteiger partial charge in [-0.25, -0.2) is 4.79 Å². The Bertz CT molecular complexity index is 981. The molecular weight excluding hydrogens is 402 g/mol. The van der Waals surface area contributed by atoms with Gasteiger partial charge in [-0.3, -0.25) is 14.4 Å². The Kier molecular flexibility index (Phi) is 7.73. The van der Waals surface area contributed by atoms with Crippen molar-refractivity contribution in [3.63, 3.8) is 0 Å². The predicted octanol–water partition coefficient (Wildman–Crippen LogP) is 3.33. The third kappa shape index (κ3) is 8.17. The summed E-state index contributed by atoms with van der Waals surface area (Å²) < 4.78 is 10.1. The highest BCUT2D eigenvalue weighted by atomic mass is 16.6. The van der Waals surface area contributed by atoms with Crippen molar-refractivity contribution in [2.45, 2.75) is 33.3 Å². The zero-order chi connectivity index (χ0) is 23.0. The van der Waals surface area contributed by atoms with Crippen LogP contribution in [0.4, 0.5) is 16.2 Å². The first-order valence-corrected chi connectivity index (χ1v) is 9.49. The average Bonchev–Trinajstić information content (AvgIpc) is 2.66. The fourth-order valence-corrected chi connectivity index (χ4v) is 2.42. The van der Waals surface area contributed by atoms with Crippen LogP contribution in [0.2, 0.25) is 0 Å². The molecule has 3 amide bonds. The molecule has 9 nitrogen and oxygen atoms in total. The van der Waals surface area contributed by atoms with Crippen molar-refractivity contribution in [3.05, 3.63) is 54.1 Å². The summed E-state index contributed by atoms with van der Waals surface area (Å²) in [5, 5.41) is 7.70. The van der Waals surface area contributed by atoms with Crippen molar-refractivity contribution in [1.29, 1.82) is 0 Å². The molecule has 0 radical (unpaired) electrons. The number of hydrogen-bond acceptors (Lipinski definition) is 6. The van der Waals surface area contributed by atoms with E-state index in [1.54, 1.807) is 63.2 Å². The first-order valence-electron chi connectivity index (χ1n) is 9.49. The molecule has 2 aromatic carbocycles. The Hall–Kier alpha value is -3.88. The molecule has 0 spiro atoms. The number of nitrogens with one attached hydrogen (secondary N) is 3. The number of para-hydroxylation sites is 2. The van der Waals surface area contributed by atoms with Crippen molar-refractivity contribution < 1.29 is 28.7 Å². The lowest BCUT2D eigenvalue weighted by atomic mass is 10.2. The van der Waals surface area contributed by atoms with Crippen molar-refractivity contribution in [1.82, 2.24) is 5.32 Å². The molecule has 0 saturated carbocycles. The Balaban J connectivity index is 2.02. The van der Waals surface area contributed by atoms with E-state index in [9.17, 15) is 19.2 Å². The van der Waals surface area contributed by atoms with Crippen LogP contribution in [-0.4, -0.2) is 36.0 Å². The van der Waals surface area contributed by atoms with Crippen LogP contribution in [0, 0.1) is 0 Å². The first-order chi connectivity index (χ1) is 14.5. The molecule has 31 heavy (non-hydrogen) atoms. The number of carbonyl (C=O) groups excluding carboxylic acids is 4. The minimum absolute atomic E-state index is 0.245. The van der Waals surface area contributed by atoms with Crippen LogP contribution in [0.25, 0.3) is 0 Å². The van der Waals surface area contributed by atoms with Crippen molar-refractivity contribution in [2.75, 3.05) is 17.2 Å². The first kappa shape index (κ1) is 23.4. The van der Waals surface area contributed by atoms with Crippen LogP contribution in [0.15, 0.2) is 48.5 Å². The SMILES string of the molecule is CC(=O)Oc1cccc(C(=O)Nc2ccccc2NC(=O)CNC(=O)OC(C)(C)C)c1. The van der Waals surface area contributed by atoms with Gasteiger partial charge in [0.15, 0.2) is 0 Å². The summed E-state index contributed by atoms with van der Waals surface area (Å²) in [5.74, 6) is -1.20. The van der Waals surface area contributed by atoms with Crippen LogP contribution in [0.5, 0.6) is 5.75 Å². The summed E-state index contributed by atoms with van der Waals surface area (Å²) in [6, 6.07) is 12.7. The summed E-state index contributed by atoms with van der Waals surface area (Å²) in [6.07, 6.45) is -0.711. The standard InChI is InChI=1S/C22H25N3O6/c1-14(26)30-16-9-7-8-15(12-16)20(28)25-18-11-6-5-10-17(18)24-19(27)13-23-21(29)31-22(2,3)4/h5-12H,13H2,1-4H3,(H,23,29)(H,24,27)(H,25,28). The number of alkyl carbamates (subject to hydrolysis) is 1. The summed E-state index contributed by atoms with van der Waals surface area (Å²) in [6.45, 7) is 6.11. The molecule has 2 aromatic rings. The number of carbonyl (C=O) groups is 4. The number of benzene rings is 2. The minimum atomic E-state index is -0.711. The van der Waals surface area contributed by atoms with Gasteiger partial charge in [0, 0.05) is 12.5 Å². The van der Waals surface area contributed by atoms with E-state index < -0.39 is 29.5 Å². The molecule has 0 aromatic heterocycles. The molecule has 0 aliphatic carbocycles. The van der Waals surface area contributed by atoms with E-state index in [4.69, 9.17) is 9.47 Å². The average molecular weight is 427 g/mol. The molecule has 3 N–H and O–H groups in total. The largest absolute Gasteiger partial charge is 0.444 e. The Morgan fingerprint density at radius 2 is 1.55 bits per heavy atom. The highest BCUT2D eigenvalue weighted by molar-refractivity contribution is 6.07. The van der Waals surface area contributed by atoms with Crippen molar-refractivity contribution >= 4 is 35.3 Å². The maximum atomic E-state index is 12.6. The second-order valence-electron chi connectivity index (χ2n) is 7.52. The third-order valence-electron chi connectivity index (χ3n) is 3.60. The zero-order valence-electron chi connectivity index (χ0n) is 17.8. The van der Waals surface area contributed by atoms with Crippen LogP contribution in [-0.2, 0) is 14.3 Å². The van der Waals surface area contributed by atoms with Gasteiger partial charge in [-0.2, -0.15) is 0 Å². The Morgan fingerprint density at radius 3 is 2.16 bits per heavy atom. The van der Waals surface area contributed by atoms with Gasteiger partial charge in [-0.15, -0.1) is 0 Å². The second kappa shape index (κ2) is 10.2. The van der Waals surface area contributed by atoms with Gasteiger partial charge in [-0.1, -0.05) is 18.2 Å². The van der Waals surface area contributed by atoms with Crippen LogP contribution < -0.4 is 20.7 Å². The van der Waals surface area contributed by atoms with Gasteiger partial charge in [0.25, 0.3) is 5.91 Å². The van der Waals surface area contributed by atoms with Crippen molar-refractivity contribution in [3.8, 4) is 5.75 Å². The molecule has 0 saturated heterocycles. The molecule has 0 aliphatic rings. The molecule has 2 rings (SSSR count). The van der Waals surface area contributed by atoms with E-state index >= 15 is 0 Å². The lowest BCUT2D eigenvalue weighted by molar-refractivity contribution is -0.131. The van der Waals surface area contributed by atoms with Gasteiger partial charge >= 0.3 is 12.1 Å². The molecule has 0 atom stereocenters. The molecule has 0 fully saturated rings. The number of ether oxygens (including phenoxy) is 2. The normalized spacial score (nSPS) is 10.6. The summed E-state index contributed by atoms with van der Waals surface area (Å²) in [7, 11) is 0. The number of esters is 1. The highest BCUT2D eigenvalue weighted by Crippen LogP contribution is 2.22. The van der Waals surface area contributed by atoms with Gasteiger partial charge in [0.05, 0.1) is 11.4 Å². The number of amides is 3. The smallest absolute Gasteiger partial charge is 0.408 e. The molecule has 0 heterocycles. The topological polar surface area (TPSA) is 123 Å². The van der Waals surface area contributed by atoms with E-state index in [0.717, 1.165) is 0 Å². The summed E-state index contributed by atoms with van der Waals surface area (Å²) in [5.41, 5.74) is 0.301. The maximum absolute atomic E-state index is 12.6. The van der Waals surface area contributed by atoms with Gasteiger partial charge in [-0.05, 0) is 51.1 Å². The van der Waals surface area contributed by atoms with E-state index in [-0.39, 0.29) is 17.9 Å². The van der Waals surface area contributed by atoms with Gasteiger partial charge in [0.2, 0.25) is 5.91 Å². The van der Waals surface area contributed by atoms with Crippen LogP contribution >= 0.6 is 0 Å². The second-order valence-corrected chi connectivity index (χ2v) is 7.52. The summed E-state index contributed by atoms with van der Waals surface area (Å²) in [4.78, 5) is 47.6. The molecule has 9 heteroatoms. The predicted molar refractivity (Wildman–Crippen MR) is 115 cm³/mol. The van der Waals surface area contributed by atoms with Crippen LogP contribution in [0.3, 0.4) is 0 Å². The lowest BCUT2D eigenvalue weighted by Crippen LogP contribution is -2.37. The monoisotopic (exact) mass is 427 g/mol. The Labute approximate surface area is 180 Å². The van der Waals surface area contributed by atoms with E-state index in [0.29, 0.717) is 11.4 Å². The van der Waals surface area contributed by atoms with Gasteiger partial charge in [0.1, 0.15) is 17.9 Å². The quantitative estimate of drug-likeness (QED) is 0.480. The highest BCUT2D eigenvalue weighted by Gasteiger charge is 2.17. The van der Waals surface area contributed by atoms with E-state index in [1.807, 2.05) is 0 Å².